The molecule has 2 aromatic rings. The topological polar surface area (TPSA) is 103 Å². The van der Waals surface area contributed by atoms with E-state index in [1.165, 1.54) is 0 Å². The normalized spacial score (nSPS) is 10.1. The molecule has 0 atom stereocenters. The fourth-order valence-corrected chi connectivity index (χ4v) is 2.25. The molecule has 8 nitrogen and oxygen atoms in total. The number of nitrogens with two attached hydrogens (primary N) is 1. The number of hydrogen-bond acceptors (Lipinski definition) is 5. The van der Waals surface area contributed by atoms with Crippen LogP contribution in [0.25, 0.3) is 0 Å². The van der Waals surface area contributed by atoms with Crippen molar-refractivity contribution in [2.24, 2.45) is 5.73 Å². The molecule has 1 amide bonds. The second-order valence-corrected chi connectivity index (χ2v) is 5.20. The van der Waals surface area contributed by atoms with Crippen molar-refractivity contribution >= 4 is 34.6 Å². The summed E-state index contributed by atoms with van der Waals surface area (Å²) in [5, 5.41) is 10.3. The SMILES string of the molecule is CCn1cc(NC(=S)Nc2cc(OC)cc(OC)c2)c(C(N)=O)n1. The van der Waals surface area contributed by atoms with Crippen LogP contribution in [0.15, 0.2) is 24.4 Å². The number of amides is 1. The molecule has 9 heteroatoms. The van der Waals surface area contributed by atoms with Gasteiger partial charge in [-0.25, -0.2) is 0 Å². The predicted octanol–water partition coefficient (Wildman–Crippen LogP) is 1.83. The summed E-state index contributed by atoms with van der Waals surface area (Å²) >= 11 is 5.28. The monoisotopic (exact) mass is 349 g/mol. The van der Waals surface area contributed by atoms with E-state index in [2.05, 4.69) is 15.7 Å². The highest BCUT2D eigenvalue weighted by Gasteiger charge is 2.15. The second kappa shape index (κ2) is 7.64. The molecule has 0 aliphatic heterocycles. The lowest BCUT2D eigenvalue weighted by molar-refractivity contribution is 0.0995. The van der Waals surface area contributed by atoms with Crippen LogP contribution in [0.4, 0.5) is 11.4 Å². The summed E-state index contributed by atoms with van der Waals surface area (Å²) < 4.78 is 12.0. The van der Waals surface area contributed by atoms with E-state index >= 15 is 0 Å². The third kappa shape index (κ3) is 4.13. The summed E-state index contributed by atoms with van der Waals surface area (Å²) in [5.74, 6) is 0.614. The molecule has 0 fully saturated rings. The van der Waals surface area contributed by atoms with Crippen LogP contribution in [0.5, 0.6) is 11.5 Å². The van der Waals surface area contributed by atoms with Crippen LogP contribution in [0.3, 0.4) is 0 Å². The molecule has 0 radical (unpaired) electrons. The van der Waals surface area contributed by atoms with Gasteiger partial charge < -0.3 is 25.8 Å². The van der Waals surface area contributed by atoms with Crippen LogP contribution in [0, 0.1) is 0 Å². The minimum Gasteiger partial charge on any atom is -0.497 e. The van der Waals surface area contributed by atoms with Gasteiger partial charge in [0.25, 0.3) is 5.91 Å². The number of nitrogens with one attached hydrogen (secondary N) is 2. The number of anilines is 2. The molecule has 24 heavy (non-hydrogen) atoms. The highest BCUT2D eigenvalue weighted by Crippen LogP contribution is 2.26. The van der Waals surface area contributed by atoms with Crippen LogP contribution >= 0.6 is 12.2 Å². The summed E-state index contributed by atoms with van der Waals surface area (Å²) in [7, 11) is 3.13. The molecule has 0 saturated heterocycles. The zero-order chi connectivity index (χ0) is 17.7. The minimum absolute atomic E-state index is 0.129. The number of aromatic nitrogens is 2. The zero-order valence-electron chi connectivity index (χ0n) is 13.6. The van der Waals surface area contributed by atoms with Gasteiger partial charge in [0.1, 0.15) is 11.5 Å². The van der Waals surface area contributed by atoms with Crippen molar-refractivity contribution in [3.05, 3.63) is 30.1 Å². The molecule has 128 valence electrons. The van der Waals surface area contributed by atoms with Crippen LogP contribution in [-0.4, -0.2) is 35.0 Å². The number of methoxy groups -OCH3 is 2. The molecule has 1 aromatic heterocycles. The van der Waals surface area contributed by atoms with E-state index in [-0.39, 0.29) is 10.8 Å². The summed E-state index contributed by atoms with van der Waals surface area (Å²) in [6, 6.07) is 5.28. The fraction of sp³-hybridized carbons (Fsp3) is 0.267. The van der Waals surface area contributed by atoms with Crippen LogP contribution in [-0.2, 0) is 6.54 Å². The standard InChI is InChI=1S/C15H19N5O3S/c1-4-20-8-12(13(19-20)14(16)21)18-15(24)17-9-5-10(22-2)7-11(6-9)23-3/h5-8H,4H2,1-3H3,(H2,16,21)(H2,17,18,24). The first kappa shape index (κ1) is 17.5. The number of thiocarbonyl (C=S) groups is 1. The Hall–Kier alpha value is -2.81. The molecular formula is C15H19N5O3S. The average Bonchev–Trinajstić information content (AvgIpc) is 2.97. The lowest BCUT2D eigenvalue weighted by Gasteiger charge is -2.12. The van der Waals surface area contributed by atoms with Gasteiger partial charge in [-0.15, -0.1) is 0 Å². The van der Waals surface area contributed by atoms with Gasteiger partial charge in [0.05, 0.1) is 19.9 Å². The highest BCUT2D eigenvalue weighted by molar-refractivity contribution is 7.80. The number of carbonyl (C=O) groups excluding carboxylic acids is 1. The van der Waals surface area contributed by atoms with Crippen LogP contribution < -0.4 is 25.8 Å². The third-order valence-corrected chi connectivity index (χ3v) is 3.38. The second-order valence-electron chi connectivity index (χ2n) is 4.79. The van der Waals surface area contributed by atoms with Crippen LogP contribution in [0.1, 0.15) is 17.4 Å². The number of ether oxygens (including phenoxy) is 2. The maximum absolute atomic E-state index is 11.5. The molecule has 1 heterocycles. The maximum atomic E-state index is 11.5. The molecule has 0 spiro atoms. The Morgan fingerprint density at radius 2 is 1.88 bits per heavy atom. The number of primary amides is 1. The third-order valence-electron chi connectivity index (χ3n) is 3.18. The summed E-state index contributed by atoms with van der Waals surface area (Å²) in [6.07, 6.45) is 1.67. The van der Waals surface area contributed by atoms with Crippen LogP contribution in [0.2, 0.25) is 0 Å². The number of rotatable bonds is 6. The molecule has 1 aromatic carbocycles. The van der Waals surface area contributed by atoms with E-state index in [1.54, 1.807) is 43.3 Å². The van der Waals surface area contributed by atoms with Crippen molar-refractivity contribution in [2.75, 3.05) is 24.9 Å². The van der Waals surface area contributed by atoms with E-state index in [9.17, 15) is 4.79 Å². The Morgan fingerprint density at radius 3 is 2.38 bits per heavy atom. The Balaban J connectivity index is 2.17. The summed E-state index contributed by atoms with van der Waals surface area (Å²) in [4.78, 5) is 11.5. The van der Waals surface area contributed by atoms with E-state index in [0.717, 1.165) is 0 Å². The lowest BCUT2D eigenvalue weighted by atomic mass is 10.3. The largest absolute Gasteiger partial charge is 0.497 e. The first-order chi connectivity index (χ1) is 11.5. The van der Waals surface area contributed by atoms with Gasteiger partial charge in [0.15, 0.2) is 10.8 Å². The Morgan fingerprint density at radius 1 is 1.25 bits per heavy atom. The predicted molar refractivity (Wildman–Crippen MR) is 95.8 cm³/mol. The minimum atomic E-state index is -0.629. The van der Waals surface area contributed by atoms with E-state index < -0.39 is 5.91 Å². The first-order valence-electron chi connectivity index (χ1n) is 7.15. The molecule has 4 N–H and O–H groups in total. The first-order valence-corrected chi connectivity index (χ1v) is 7.56. The molecule has 0 aliphatic carbocycles. The zero-order valence-corrected chi connectivity index (χ0v) is 14.4. The highest BCUT2D eigenvalue weighted by atomic mass is 32.1. The van der Waals surface area contributed by atoms with Gasteiger partial charge in [-0.05, 0) is 19.1 Å². The summed E-state index contributed by atoms with van der Waals surface area (Å²) in [6.45, 7) is 2.51. The Kier molecular flexibility index (Phi) is 5.59. The summed E-state index contributed by atoms with van der Waals surface area (Å²) in [5.41, 5.74) is 6.58. The maximum Gasteiger partial charge on any atom is 0.271 e. The molecule has 0 aliphatic rings. The van der Waals surface area contributed by atoms with Crippen molar-refractivity contribution in [1.29, 1.82) is 0 Å². The van der Waals surface area contributed by atoms with Gasteiger partial charge in [-0.2, -0.15) is 5.10 Å². The molecule has 0 saturated carbocycles. The smallest absolute Gasteiger partial charge is 0.271 e. The van der Waals surface area contributed by atoms with Gasteiger partial charge in [-0.3, -0.25) is 9.48 Å². The molecular weight excluding hydrogens is 330 g/mol. The van der Waals surface area contributed by atoms with Gasteiger partial charge >= 0.3 is 0 Å². The quantitative estimate of drug-likeness (QED) is 0.684. The molecule has 2 rings (SSSR count). The Bertz CT molecular complexity index is 737. The average molecular weight is 349 g/mol. The number of hydrogen-bond donors (Lipinski definition) is 3. The van der Waals surface area contributed by atoms with Crippen molar-refractivity contribution in [3.63, 3.8) is 0 Å². The lowest BCUT2D eigenvalue weighted by Crippen LogP contribution is -2.21. The van der Waals surface area contributed by atoms with Crippen molar-refractivity contribution in [1.82, 2.24) is 9.78 Å². The molecule has 0 unspecified atom stereocenters. The van der Waals surface area contributed by atoms with E-state index in [0.29, 0.717) is 29.4 Å². The molecule has 0 bridgehead atoms. The Labute approximate surface area is 144 Å². The number of aryl methyl sites for hydroxylation is 1. The number of carbonyl (C=O) groups is 1. The van der Waals surface area contributed by atoms with Crippen molar-refractivity contribution in [2.45, 2.75) is 13.5 Å². The van der Waals surface area contributed by atoms with E-state index in [1.807, 2.05) is 6.92 Å². The number of nitrogens with zero attached hydrogens (tertiary/aromatic N) is 2. The fourth-order valence-electron chi connectivity index (χ4n) is 2.02. The van der Waals surface area contributed by atoms with Crippen molar-refractivity contribution < 1.29 is 14.3 Å². The van der Waals surface area contributed by atoms with Gasteiger partial charge in [-0.1, -0.05) is 0 Å². The number of benzene rings is 1. The van der Waals surface area contributed by atoms with Gasteiger partial charge in [0.2, 0.25) is 0 Å². The van der Waals surface area contributed by atoms with E-state index in [4.69, 9.17) is 27.4 Å². The van der Waals surface area contributed by atoms with Crippen molar-refractivity contribution in [3.8, 4) is 11.5 Å². The van der Waals surface area contributed by atoms with Gasteiger partial charge in [0, 0.05) is 36.6 Å².